The smallest absolute Gasteiger partial charge is 0.143 e. The zero-order valence-corrected chi connectivity index (χ0v) is 6.77. The number of hydrogen-bond acceptors (Lipinski definition) is 1. The molecule has 0 radical (unpaired) electrons. The van der Waals surface area contributed by atoms with Crippen LogP contribution in [-0.2, 0) is 4.43 Å². The van der Waals surface area contributed by atoms with Crippen molar-refractivity contribution in [2.24, 2.45) is 0 Å². The molecule has 0 N–H and O–H groups in total. The number of hydrogen-bond donors (Lipinski definition) is 0. The van der Waals surface area contributed by atoms with Gasteiger partial charge in [-0.3, -0.25) is 0 Å². The molecule has 6 heavy (non-hydrogen) atoms. The van der Waals surface area contributed by atoms with Crippen molar-refractivity contribution in [3.63, 3.8) is 0 Å². The second-order valence-electron chi connectivity index (χ2n) is 1.67. The molecule has 1 aliphatic rings. The van der Waals surface area contributed by atoms with E-state index in [-0.39, 0.29) is 12.1 Å². The molecular formula is C3H14OSi2. The Bertz CT molecular complexity index is 30.8. The zero-order chi connectivity index (χ0) is 4.24. The highest BCUT2D eigenvalue weighted by molar-refractivity contribution is 6.97. The standard InChI is InChI=1S/C3H10OSi2.2H2/c1-2-4-6-5-3-1;;/h1-3,5-6H2;2*1H. The minimum atomic E-state index is 0. The van der Waals surface area contributed by atoms with E-state index in [0.717, 1.165) is 6.61 Å². The Morgan fingerprint density at radius 3 is 2.83 bits per heavy atom. The molecule has 1 saturated heterocycles. The average Bonchev–Trinajstić information content (AvgIpc) is 1.72. The molecule has 0 aromatic heterocycles. The van der Waals surface area contributed by atoms with Crippen LogP contribution < -0.4 is 0 Å². The summed E-state index contributed by atoms with van der Waals surface area (Å²) in [5.41, 5.74) is 0. The minimum Gasteiger partial charge on any atom is -0.428 e. The average molecular weight is 122 g/mol. The van der Waals surface area contributed by atoms with Crippen LogP contribution in [0.15, 0.2) is 0 Å². The molecule has 0 spiro atoms. The fourth-order valence-electron chi connectivity index (χ4n) is 0.687. The van der Waals surface area contributed by atoms with Crippen molar-refractivity contribution in [2.75, 3.05) is 6.61 Å². The van der Waals surface area contributed by atoms with Gasteiger partial charge in [0.05, 0.1) is 0 Å². The third-order valence-electron chi connectivity index (χ3n) is 1.08. The largest absolute Gasteiger partial charge is 0.428 e. The molecule has 0 aliphatic carbocycles. The molecule has 0 saturated carbocycles. The van der Waals surface area contributed by atoms with Crippen LogP contribution in [0.3, 0.4) is 0 Å². The van der Waals surface area contributed by atoms with Gasteiger partial charge in [0, 0.05) is 18.5 Å². The van der Waals surface area contributed by atoms with E-state index in [1.165, 1.54) is 6.42 Å². The van der Waals surface area contributed by atoms with Crippen LogP contribution in [-0.4, -0.2) is 24.9 Å². The van der Waals surface area contributed by atoms with Crippen LogP contribution in [0.2, 0.25) is 6.04 Å². The fraction of sp³-hybridized carbons (Fsp3) is 1.00. The molecule has 0 aromatic rings. The summed E-state index contributed by atoms with van der Waals surface area (Å²) in [4.78, 5) is 0. The topological polar surface area (TPSA) is 9.23 Å². The first-order valence-electron chi connectivity index (χ1n) is 2.58. The fourth-order valence-corrected chi connectivity index (χ4v) is 4.96. The highest BCUT2D eigenvalue weighted by atomic mass is 29.2. The zero-order valence-electron chi connectivity index (χ0n) is 3.94. The second kappa shape index (κ2) is 2.55. The lowest BCUT2D eigenvalue weighted by molar-refractivity contribution is 0.337. The second-order valence-corrected chi connectivity index (χ2v) is 7.25. The molecule has 0 unspecified atom stereocenters. The van der Waals surface area contributed by atoms with E-state index >= 15 is 0 Å². The van der Waals surface area contributed by atoms with Crippen molar-refractivity contribution in [2.45, 2.75) is 12.5 Å². The first kappa shape index (κ1) is 4.55. The van der Waals surface area contributed by atoms with Crippen molar-refractivity contribution in [1.82, 2.24) is 0 Å². The van der Waals surface area contributed by atoms with Crippen LogP contribution in [0.25, 0.3) is 0 Å². The van der Waals surface area contributed by atoms with Crippen LogP contribution in [0.1, 0.15) is 9.27 Å². The van der Waals surface area contributed by atoms with E-state index in [0.29, 0.717) is 9.04 Å². The lowest BCUT2D eigenvalue weighted by Crippen LogP contribution is -2.15. The van der Waals surface area contributed by atoms with Crippen molar-refractivity contribution in [3.05, 3.63) is 0 Å². The van der Waals surface area contributed by atoms with Gasteiger partial charge in [-0.05, 0) is 6.42 Å². The van der Waals surface area contributed by atoms with Gasteiger partial charge in [0.15, 0.2) is 0 Å². The summed E-state index contributed by atoms with van der Waals surface area (Å²) in [7, 11) is 0.573. The molecule has 1 aliphatic heterocycles. The van der Waals surface area contributed by atoms with E-state index in [1.54, 1.807) is 6.04 Å². The van der Waals surface area contributed by atoms with Gasteiger partial charge in [-0.15, -0.1) is 0 Å². The van der Waals surface area contributed by atoms with E-state index < -0.39 is 0 Å². The van der Waals surface area contributed by atoms with Crippen LogP contribution in [0, 0.1) is 0 Å². The molecule has 1 heterocycles. The van der Waals surface area contributed by atoms with E-state index in [2.05, 4.69) is 0 Å². The van der Waals surface area contributed by atoms with Gasteiger partial charge in [0.1, 0.15) is 9.28 Å². The van der Waals surface area contributed by atoms with Gasteiger partial charge in [0.2, 0.25) is 0 Å². The Labute approximate surface area is 45.6 Å². The molecule has 1 nitrogen and oxygen atoms in total. The maximum atomic E-state index is 5.27. The Hall–Kier alpha value is 0.394. The minimum absolute atomic E-state index is 0. The monoisotopic (exact) mass is 122 g/mol. The molecule has 0 amide bonds. The molecule has 0 aromatic carbocycles. The summed E-state index contributed by atoms with van der Waals surface area (Å²) in [5, 5.41) is 0. The first-order valence-corrected chi connectivity index (χ1v) is 8.15. The molecule has 0 atom stereocenters. The summed E-state index contributed by atoms with van der Waals surface area (Å²) in [5.74, 6) is 0. The molecule has 40 valence electrons. The Morgan fingerprint density at radius 1 is 1.67 bits per heavy atom. The Morgan fingerprint density at radius 2 is 2.67 bits per heavy atom. The highest BCUT2D eigenvalue weighted by Gasteiger charge is 1.96. The van der Waals surface area contributed by atoms with Crippen LogP contribution >= 0.6 is 0 Å². The molecule has 1 fully saturated rings. The molecule has 3 heteroatoms. The quantitative estimate of drug-likeness (QED) is 0.393. The van der Waals surface area contributed by atoms with E-state index in [9.17, 15) is 0 Å². The van der Waals surface area contributed by atoms with Gasteiger partial charge in [0.25, 0.3) is 0 Å². The number of rotatable bonds is 0. The van der Waals surface area contributed by atoms with E-state index in [4.69, 9.17) is 4.43 Å². The summed E-state index contributed by atoms with van der Waals surface area (Å²) < 4.78 is 5.27. The van der Waals surface area contributed by atoms with Gasteiger partial charge in [-0.1, -0.05) is 6.04 Å². The lowest BCUT2D eigenvalue weighted by Gasteiger charge is -2.07. The van der Waals surface area contributed by atoms with Gasteiger partial charge in [-0.2, -0.15) is 0 Å². The summed E-state index contributed by atoms with van der Waals surface area (Å²) in [6.45, 7) is 1.10. The third kappa shape index (κ3) is 1.24. The summed E-state index contributed by atoms with van der Waals surface area (Å²) in [6, 6.07) is 1.58. The summed E-state index contributed by atoms with van der Waals surface area (Å²) >= 11 is 0. The van der Waals surface area contributed by atoms with E-state index in [1.807, 2.05) is 0 Å². The van der Waals surface area contributed by atoms with Gasteiger partial charge < -0.3 is 4.43 Å². The molecule has 1 rings (SSSR count). The van der Waals surface area contributed by atoms with Crippen molar-refractivity contribution in [1.29, 1.82) is 0 Å². The van der Waals surface area contributed by atoms with Crippen LogP contribution in [0.4, 0.5) is 0 Å². The predicted molar refractivity (Wildman–Crippen MR) is 36.7 cm³/mol. The first-order chi connectivity index (χ1) is 3.00. The molecule has 0 bridgehead atoms. The third-order valence-corrected chi connectivity index (χ3v) is 6.18. The Kier molecular flexibility index (Phi) is 1.93. The van der Waals surface area contributed by atoms with Gasteiger partial charge in [-0.25, -0.2) is 0 Å². The summed E-state index contributed by atoms with van der Waals surface area (Å²) in [6.07, 6.45) is 1.37. The van der Waals surface area contributed by atoms with Crippen molar-refractivity contribution >= 4 is 18.3 Å². The Balaban J connectivity index is 0. The normalized spacial score (nSPS) is 32.0. The maximum absolute atomic E-state index is 5.27. The molecular weight excluding hydrogens is 108 g/mol. The predicted octanol–water partition coefficient (Wildman–Crippen LogP) is -0.515. The van der Waals surface area contributed by atoms with Gasteiger partial charge >= 0.3 is 0 Å². The van der Waals surface area contributed by atoms with Crippen molar-refractivity contribution in [3.8, 4) is 0 Å². The maximum Gasteiger partial charge on any atom is 0.143 e. The van der Waals surface area contributed by atoms with Crippen molar-refractivity contribution < 1.29 is 7.28 Å². The SMILES string of the molecule is C1CO[SiH2][SiH2]C1.[HH].[HH]. The lowest BCUT2D eigenvalue weighted by atomic mass is 10.5. The van der Waals surface area contributed by atoms with Crippen LogP contribution in [0.5, 0.6) is 0 Å². The highest BCUT2D eigenvalue weighted by Crippen LogP contribution is 1.93.